The molecule has 0 aliphatic rings. The summed E-state index contributed by atoms with van der Waals surface area (Å²) in [5.41, 5.74) is 0. The zero-order valence-electron chi connectivity index (χ0n) is 11.4. The Hall–Kier alpha value is -1.40. The van der Waals surface area contributed by atoms with E-state index in [1.165, 1.54) is 16.0 Å². The second-order valence-corrected chi connectivity index (χ2v) is 5.79. The Morgan fingerprint density at radius 3 is 2.95 bits per heavy atom. The molecule has 0 fully saturated rings. The van der Waals surface area contributed by atoms with Crippen molar-refractivity contribution in [1.29, 1.82) is 0 Å². The van der Waals surface area contributed by atoms with Crippen LogP contribution in [0.2, 0.25) is 0 Å². The van der Waals surface area contributed by atoms with Crippen LogP contribution in [0.5, 0.6) is 6.01 Å². The third-order valence-corrected chi connectivity index (χ3v) is 3.56. The summed E-state index contributed by atoms with van der Waals surface area (Å²) in [6.07, 6.45) is 0.914. The molecule has 0 unspecified atom stereocenters. The van der Waals surface area contributed by atoms with E-state index in [2.05, 4.69) is 10.1 Å². The van der Waals surface area contributed by atoms with Crippen LogP contribution in [0.3, 0.4) is 0 Å². The van der Waals surface area contributed by atoms with Gasteiger partial charge in [-0.05, 0) is 31.7 Å². The fraction of sp³-hybridized carbons (Fsp3) is 0.462. The van der Waals surface area contributed by atoms with E-state index < -0.39 is 0 Å². The van der Waals surface area contributed by atoms with E-state index in [1.54, 1.807) is 0 Å². The molecule has 108 valence electrons. The Labute approximate surface area is 126 Å². The monoisotopic (exact) mass is 313 g/mol. The van der Waals surface area contributed by atoms with Gasteiger partial charge in [-0.25, -0.2) is 0 Å². The lowest BCUT2D eigenvalue weighted by Crippen LogP contribution is -2.14. The molecule has 2 rings (SSSR count). The van der Waals surface area contributed by atoms with E-state index in [9.17, 15) is 4.79 Å². The molecule has 2 heterocycles. The van der Waals surface area contributed by atoms with Crippen molar-refractivity contribution in [3.8, 4) is 16.7 Å². The minimum atomic E-state index is -0.125. The Morgan fingerprint density at radius 1 is 1.55 bits per heavy atom. The van der Waals surface area contributed by atoms with Crippen molar-refractivity contribution < 1.29 is 9.53 Å². The third kappa shape index (κ3) is 3.58. The highest BCUT2D eigenvalue weighted by molar-refractivity contribution is 7.13. The summed E-state index contributed by atoms with van der Waals surface area (Å²) < 4.78 is 6.79. The number of hydrogen-bond donors (Lipinski definition) is 0. The maximum absolute atomic E-state index is 12.2. The maximum Gasteiger partial charge on any atom is 0.336 e. The predicted octanol–water partition coefficient (Wildman–Crippen LogP) is 3.45. The second kappa shape index (κ2) is 6.85. The van der Waals surface area contributed by atoms with E-state index in [1.807, 2.05) is 31.4 Å². The van der Waals surface area contributed by atoms with Crippen molar-refractivity contribution in [2.45, 2.75) is 32.8 Å². The fourth-order valence-electron chi connectivity index (χ4n) is 1.62. The van der Waals surface area contributed by atoms with Crippen LogP contribution in [0, 0.1) is 0 Å². The zero-order chi connectivity index (χ0) is 14.5. The van der Waals surface area contributed by atoms with Crippen molar-refractivity contribution in [2.24, 2.45) is 0 Å². The van der Waals surface area contributed by atoms with Crippen LogP contribution in [0.15, 0.2) is 17.5 Å². The first kappa shape index (κ1) is 15.0. The lowest BCUT2D eigenvalue weighted by Gasteiger charge is -2.03. The molecular formula is C13H16ClN3O2S. The highest BCUT2D eigenvalue weighted by Crippen LogP contribution is 2.25. The van der Waals surface area contributed by atoms with Gasteiger partial charge in [0.2, 0.25) is 5.91 Å². The van der Waals surface area contributed by atoms with Gasteiger partial charge < -0.3 is 4.74 Å². The Morgan fingerprint density at radius 2 is 2.35 bits per heavy atom. The quantitative estimate of drug-likeness (QED) is 0.766. The molecular weight excluding hydrogens is 298 g/mol. The molecule has 0 bridgehead atoms. The highest BCUT2D eigenvalue weighted by Gasteiger charge is 2.19. The van der Waals surface area contributed by atoms with Crippen molar-refractivity contribution in [2.75, 3.05) is 5.88 Å². The molecule has 0 saturated heterocycles. The largest absolute Gasteiger partial charge is 0.460 e. The number of carbonyl (C=O) groups is 1. The van der Waals surface area contributed by atoms with Crippen molar-refractivity contribution in [1.82, 2.24) is 14.8 Å². The molecule has 0 aromatic carbocycles. The predicted molar refractivity (Wildman–Crippen MR) is 79.7 cm³/mol. The van der Waals surface area contributed by atoms with Gasteiger partial charge in [0.25, 0.3) is 0 Å². The second-order valence-electron chi connectivity index (χ2n) is 4.46. The van der Waals surface area contributed by atoms with E-state index >= 15 is 0 Å². The summed E-state index contributed by atoms with van der Waals surface area (Å²) in [5.74, 6) is 0.847. The van der Waals surface area contributed by atoms with E-state index in [0.29, 0.717) is 24.5 Å². The maximum atomic E-state index is 12.2. The summed E-state index contributed by atoms with van der Waals surface area (Å²) in [7, 11) is 0. The fourth-order valence-corrected chi connectivity index (χ4v) is 2.45. The highest BCUT2D eigenvalue weighted by atomic mass is 35.5. The number of aromatic nitrogens is 3. The molecule has 7 heteroatoms. The number of ether oxygens (including phenoxy) is 1. The molecule has 0 aliphatic heterocycles. The first-order valence-electron chi connectivity index (χ1n) is 6.38. The first-order chi connectivity index (χ1) is 9.61. The van der Waals surface area contributed by atoms with Gasteiger partial charge in [-0.2, -0.15) is 9.67 Å². The third-order valence-electron chi connectivity index (χ3n) is 2.43. The van der Waals surface area contributed by atoms with Crippen LogP contribution in [0.1, 0.15) is 31.5 Å². The molecule has 0 atom stereocenters. The molecule has 0 N–H and O–H groups in total. The summed E-state index contributed by atoms with van der Waals surface area (Å²) in [6.45, 7) is 3.78. The molecule has 2 aromatic heterocycles. The van der Waals surface area contributed by atoms with Gasteiger partial charge in [-0.1, -0.05) is 6.07 Å². The molecule has 2 aromatic rings. The molecule has 0 radical (unpaired) electrons. The van der Waals surface area contributed by atoms with Crippen LogP contribution < -0.4 is 4.74 Å². The summed E-state index contributed by atoms with van der Waals surface area (Å²) in [6, 6.07) is 4.03. The number of halogens is 1. The first-order valence-corrected chi connectivity index (χ1v) is 7.80. The number of hydrogen-bond acceptors (Lipinski definition) is 5. The Bertz CT molecular complexity index is 566. The summed E-state index contributed by atoms with van der Waals surface area (Å²) >= 11 is 7.13. The van der Waals surface area contributed by atoms with E-state index in [4.69, 9.17) is 16.3 Å². The van der Waals surface area contributed by atoms with Gasteiger partial charge >= 0.3 is 6.01 Å². The number of thiophene rings is 1. The molecule has 0 amide bonds. The van der Waals surface area contributed by atoms with Crippen molar-refractivity contribution >= 4 is 28.8 Å². The average Bonchev–Trinajstić information content (AvgIpc) is 3.03. The topological polar surface area (TPSA) is 57.0 Å². The van der Waals surface area contributed by atoms with Crippen LogP contribution in [-0.2, 0) is 0 Å². The number of nitrogens with zero attached hydrogens (tertiary/aromatic N) is 3. The minimum Gasteiger partial charge on any atom is -0.460 e. The standard InChI is InChI=1S/C13H16ClN3O2S/c1-9(2)19-13-15-12(10-5-4-8-20-10)17(16-13)11(18)6-3-7-14/h4-5,8-9H,3,6-7H2,1-2H3. The SMILES string of the molecule is CC(C)Oc1nc(-c2cccs2)n(C(=O)CCCCl)n1. The molecule has 0 aliphatic carbocycles. The number of rotatable bonds is 6. The number of carbonyl (C=O) groups excluding carboxylic acids is 1. The average molecular weight is 314 g/mol. The van der Waals surface area contributed by atoms with Crippen LogP contribution in [-0.4, -0.2) is 32.7 Å². The van der Waals surface area contributed by atoms with Gasteiger partial charge in [0.15, 0.2) is 5.82 Å². The summed E-state index contributed by atoms with van der Waals surface area (Å²) in [4.78, 5) is 17.4. The van der Waals surface area contributed by atoms with E-state index in [0.717, 1.165) is 4.88 Å². The lowest BCUT2D eigenvalue weighted by atomic mass is 10.3. The molecule has 5 nitrogen and oxygen atoms in total. The Balaban J connectivity index is 2.32. The Kier molecular flexibility index (Phi) is 5.14. The summed E-state index contributed by atoms with van der Waals surface area (Å²) in [5, 5.41) is 6.09. The number of alkyl halides is 1. The van der Waals surface area contributed by atoms with Gasteiger partial charge in [0.05, 0.1) is 11.0 Å². The van der Waals surface area contributed by atoms with Gasteiger partial charge in [-0.3, -0.25) is 4.79 Å². The lowest BCUT2D eigenvalue weighted by molar-refractivity contribution is 0.0884. The van der Waals surface area contributed by atoms with Gasteiger partial charge in [0.1, 0.15) is 0 Å². The zero-order valence-corrected chi connectivity index (χ0v) is 12.9. The molecule has 0 saturated carbocycles. The smallest absolute Gasteiger partial charge is 0.336 e. The molecule has 20 heavy (non-hydrogen) atoms. The van der Waals surface area contributed by atoms with Crippen LogP contribution in [0.4, 0.5) is 0 Å². The molecule has 0 spiro atoms. The van der Waals surface area contributed by atoms with Crippen LogP contribution in [0.25, 0.3) is 10.7 Å². The van der Waals surface area contributed by atoms with Gasteiger partial charge in [0, 0.05) is 12.3 Å². The van der Waals surface area contributed by atoms with Crippen LogP contribution >= 0.6 is 22.9 Å². The van der Waals surface area contributed by atoms with Crippen molar-refractivity contribution in [3.05, 3.63) is 17.5 Å². The normalized spacial score (nSPS) is 11.0. The van der Waals surface area contributed by atoms with E-state index in [-0.39, 0.29) is 18.0 Å². The van der Waals surface area contributed by atoms with Crippen molar-refractivity contribution in [3.63, 3.8) is 0 Å². The van der Waals surface area contributed by atoms with Gasteiger partial charge in [-0.15, -0.1) is 28.0 Å². The minimum absolute atomic E-state index is 0.0417.